The maximum Gasteiger partial charge on any atom is 0.377 e. The maximum absolute atomic E-state index is 15.3. The van der Waals surface area contributed by atoms with E-state index in [1.54, 1.807) is 0 Å². The van der Waals surface area contributed by atoms with Gasteiger partial charge in [0.25, 0.3) is 0 Å². The third-order valence-corrected chi connectivity index (χ3v) is 14.8. The molecule has 0 saturated heterocycles. The van der Waals surface area contributed by atoms with Crippen LogP contribution in [0.4, 0.5) is 8.78 Å². The van der Waals surface area contributed by atoms with E-state index in [4.69, 9.17) is 9.47 Å². The Hall–Kier alpha value is -1.77. The molecule has 1 atom stereocenters. The zero-order valence-electron chi connectivity index (χ0n) is 48.4. The Kier molecular flexibility index (Phi) is 49.1. The molecule has 0 aromatic heterocycles. The van der Waals surface area contributed by atoms with Crippen molar-refractivity contribution in [3.05, 3.63) is 0 Å². The highest BCUT2D eigenvalue weighted by molar-refractivity contribution is 5.77. The largest absolute Gasteiger partial charge is 0.462 e. The molecule has 1 unspecified atom stereocenters. The zero-order chi connectivity index (χ0) is 52.5. The number of carbonyl (C=O) groups excluding carboxylic acids is 3. The summed E-state index contributed by atoms with van der Waals surface area (Å²) in [6.45, 7) is 12.6. The highest BCUT2D eigenvalue weighted by Crippen LogP contribution is 2.28. The highest BCUT2D eigenvalue weighted by Gasteiger charge is 2.41. The molecular formula is C62H120F2N2O5. The summed E-state index contributed by atoms with van der Waals surface area (Å²) in [7, 11) is 4.09. The molecule has 9 heteroatoms. The Morgan fingerprint density at radius 3 is 1.17 bits per heavy atom. The molecule has 0 aliphatic rings. The summed E-state index contributed by atoms with van der Waals surface area (Å²) < 4.78 is 42.3. The van der Waals surface area contributed by atoms with Crippen molar-refractivity contribution >= 4 is 17.8 Å². The minimum absolute atomic E-state index is 0.0385. The van der Waals surface area contributed by atoms with Gasteiger partial charge in [-0.2, -0.15) is 8.78 Å². The molecule has 0 spiro atoms. The van der Waals surface area contributed by atoms with E-state index in [1.807, 2.05) is 14.1 Å². The van der Waals surface area contributed by atoms with E-state index in [1.165, 1.54) is 109 Å². The Bertz CT molecular complexity index is 1160. The number of esters is 2. The smallest absolute Gasteiger partial charge is 0.377 e. The molecule has 0 heterocycles. The number of alkyl halides is 2. The average Bonchev–Trinajstić information content (AvgIpc) is 3.34. The molecule has 0 aliphatic heterocycles. The molecule has 7 nitrogen and oxygen atoms in total. The lowest BCUT2D eigenvalue weighted by atomic mass is 9.97. The van der Waals surface area contributed by atoms with Crippen LogP contribution in [0.15, 0.2) is 0 Å². The molecule has 0 aromatic carbocycles. The molecular weight excluding hydrogens is 891 g/mol. The van der Waals surface area contributed by atoms with Gasteiger partial charge in [-0.25, -0.2) is 4.79 Å². The van der Waals surface area contributed by atoms with Crippen molar-refractivity contribution in [1.29, 1.82) is 0 Å². The number of halogens is 2. The first-order valence-corrected chi connectivity index (χ1v) is 31.2. The molecule has 0 aliphatic carbocycles. The van der Waals surface area contributed by atoms with Crippen molar-refractivity contribution in [2.75, 3.05) is 27.2 Å². The summed E-state index contributed by atoms with van der Waals surface area (Å²) in [5.41, 5.74) is 0. The number of unbranched alkanes of at least 4 members (excludes halogenated alkanes) is 29. The molecule has 0 rings (SSSR count). The van der Waals surface area contributed by atoms with E-state index in [2.05, 4.69) is 44.4 Å². The van der Waals surface area contributed by atoms with Crippen LogP contribution in [-0.2, 0) is 23.9 Å². The summed E-state index contributed by atoms with van der Waals surface area (Å²) in [5, 5.41) is 0. The normalized spacial score (nSPS) is 12.4. The Labute approximate surface area is 440 Å². The van der Waals surface area contributed by atoms with E-state index < -0.39 is 24.4 Å². The van der Waals surface area contributed by atoms with Crippen molar-refractivity contribution in [3.8, 4) is 0 Å². The number of amides is 1. The molecule has 0 fully saturated rings. The number of rotatable bonds is 55. The van der Waals surface area contributed by atoms with Crippen LogP contribution in [-0.4, -0.2) is 79.0 Å². The van der Waals surface area contributed by atoms with Crippen LogP contribution in [0.5, 0.6) is 0 Å². The molecule has 0 aromatic rings. The quantitative estimate of drug-likeness (QED) is 0.0446. The summed E-state index contributed by atoms with van der Waals surface area (Å²) in [6, 6.07) is 0.160. The first-order valence-electron chi connectivity index (χ1n) is 31.2. The van der Waals surface area contributed by atoms with E-state index in [0.29, 0.717) is 38.6 Å². The lowest BCUT2D eigenvalue weighted by Gasteiger charge is -2.33. The fourth-order valence-corrected chi connectivity index (χ4v) is 10.2. The number of hydrogen-bond donors (Lipinski definition) is 0. The Morgan fingerprint density at radius 1 is 0.394 bits per heavy atom. The van der Waals surface area contributed by atoms with Crippen LogP contribution in [0.2, 0.25) is 0 Å². The SMILES string of the molecule is CCCCCCCCCCC(CCCCCCC(=O)OC(CCCCCCC)CCCCCCC)N(CCCCCCC(F)(F)C(=O)OC(CCCCCCC)CCCCCCC)C(=O)CCCN(C)C. The molecule has 71 heavy (non-hydrogen) atoms. The zero-order valence-corrected chi connectivity index (χ0v) is 48.4. The van der Waals surface area contributed by atoms with Crippen LogP contribution in [0.3, 0.4) is 0 Å². The fraction of sp³-hybridized carbons (Fsp3) is 0.952. The molecule has 0 bridgehead atoms. The number of ether oxygens (including phenoxy) is 2. The second kappa shape index (κ2) is 50.4. The molecule has 0 N–H and O–H groups in total. The molecule has 0 saturated carbocycles. The average molecular weight is 1010 g/mol. The van der Waals surface area contributed by atoms with Gasteiger partial charge in [0.1, 0.15) is 12.2 Å². The lowest BCUT2D eigenvalue weighted by molar-refractivity contribution is -0.179. The van der Waals surface area contributed by atoms with Gasteiger partial charge < -0.3 is 19.3 Å². The Morgan fingerprint density at radius 2 is 0.746 bits per heavy atom. The van der Waals surface area contributed by atoms with Crippen molar-refractivity contribution < 1.29 is 32.6 Å². The molecule has 0 radical (unpaired) electrons. The predicted octanol–water partition coefficient (Wildman–Crippen LogP) is 19.2. The van der Waals surface area contributed by atoms with Gasteiger partial charge in [0.05, 0.1) is 0 Å². The summed E-state index contributed by atoms with van der Waals surface area (Å²) in [6.07, 6.45) is 45.4. The summed E-state index contributed by atoms with van der Waals surface area (Å²) >= 11 is 0. The third kappa shape index (κ3) is 43.2. The van der Waals surface area contributed by atoms with Crippen LogP contribution in [0, 0.1) is 0 Å². The standard InChI is InChI=1S/C62H120F2N2O5/c1-8-13-18-23-24-25-30-35-45-56(46-36-31-32-41-52-60(68)70-57(47-37-26-19-14-9-2)48-38-27-20-15-10-3)66(59(67)51-44-54-65(6)7)55-43-34-33-42-53-62(63,64)61(69)71-58(49-39-28-21-16-11-4)50-40-29-22-17-12-5/h56-58H,8-55H2,1-7H3. The number of hydrogen-bond acceptors (Lipinski definition) is 6. The van der Waals surface area contributed by atoms with Crippen molar-refractivity contribution in [1.82, 2.24) is 9.80 Å². The number of carbonyl (C=O) groups is 3. The Balaban J connectivity index is 5.51. The topological polar surface area (TPSA) is 76.1 Å². The minimum Gasteiger partial charge on any atom is -0.462 e. The summed E-state index contributed by atoms with van der Waals surface area (Å²) in [5.74, 6) is -4.65. The first-order chi connectivity index (χ1) is 34.4. The maximum atomic E-state index is 15.3. The van der Waals surface area contributed by atoms with E-state index in [9.17, 15) is 14.4 Å². The monoisotopic (exact) mass is 1010 g/mol. The van der Waals surface area contributed by atoms with Gasteiger partial charge >= 0.3 is 17.9 Å². The van der Waals surface area contributed by atoms with E-state index in [0.717, 1.165) is 148 Å². The lowest BCUT2D eigenvalue weighted by Crippen LogP contribution is -2.41. The van der Waals surface area contributed by atoms with E-state index in [-0.39, 0.29) is 30.4 Å². The highest BCUT2D eigenvalue weighted by atomic mass is 19.3. The van der Waals surface area contributed by atoms with Gasteiger partial charge in [-0.3, -0.25) is 9.59 Å². The van der Waals surface area contributed by atoms with Crippen LogP contribution in [0.1, 0.15) is 330 Å². The van der Waals surface area contributed by atoms with Gasteiger partial charge in [-0.05, 0) is 111 Å². The van der Waals surface area contributed by atoms with Crippen LogP contribution in [0.25, 0.3) is 0 Å². The number of nitrogens with zero attached hydrogens (tertiary/aromatic N) is 2. The molecule has 422 valence electrons. The van der Waals surface area contributed by atoms with Gasteiger partial charge in [0, 0.05) is 31.8 Å². The molecule has 1 amide bonds. The van der Waals surface area contributed by atoms with Crippen LogP contribution >= 0.6 is 0 Å². The van der Waals surface area contributed by atoms with Gasteiger partial charge in [0.2, 0.25) is 5.91 Å². The summed E-state index contributed by atoms with van der Waals surface area (Å²) in [4.78, 5) is 44.3. The van der Waals surface area contributed by atoms with Crippen LogP contribution < -0.4 is 0 Å². The van der Waals surface area contributed by atoms with Crippen molar-refractivity contribution in [2.45, 2.75) is 354 Å². The predicted molar refractivity (Wildman–Crippen MR) is 300 cm³/mol. The van der Waals surface area contributed by atoms with E-state index >= 15 is 8.78 Å². The first kappa shape index (κ1) is 69.2. The minimum atomic E-state index is -3.48. The third-order valence-electron chi connectivity index (χ3n) is 14.8. The van der Waals surface area contributed by atoms with Crippen molar-refractivity contribution in [2.24, 2.45) is 0 Å². The van der Waals surface area contributed by atoms with Gasteiger partial charge in [-0.15, -0.1) is 0 Å². The van der Waals surface area contributed by atoms with Gasteiger partial charge in [-0.1, -0.05) is 221 Å². The second-order valence-corrected chi connectivity index (χ2v) is 22.2. The fourth-order valence-electron chi connectivity index (χ4n) is 10.2. The van der Waals surface area contributed by atoms with Crippen molar-refractivity contribution in [3.63, 3.8) is 0 Å². The second-order valence-electron chi connectivity index (χ2n) is 22.2. The van der Waals surface area contributed by atoms with Gasteiger partial charge in [0.15, 0.2) is 0 Å².